The standard InChI is InChI=1S/C19H21NO4/c1-11(2)23-19(22)17-15(12-7-4-3-5-8-12)16-13(21)9-6-10-14(16)24-18(17)20/h3-5,7-8,11,15H,6,9-10,20H2,1-2H3/t15-/m1/s1. The quantitative estimate of drug-likeness (QED) is 0.864. The smallest absolute Gasteiger partial charge is 0.340 e. The summed E-state index contributed by atoms with van der Waals surface area (Å²) in [5.41, 5.74) is 7.63. The van der Waals surface area contributed by atoms with E-state index in [4.69, 9.17) is 15.2 Å². The summed E-state index contributed by atoms with van der Waals surface area (Å²) in [7, 11) is 0. The number of ketones is 1. The van der Waals surface area contributed by atoms with Crippen molar-refractivity contribution >= 4 is 11.8 Å². The van der Waals surface area contributed by atoms with Crippen molar-refractivity contribution in [2.45, 2.75) is 45.1 Å². The van der Waals surface area contributed by atoms with E-state index in [2.05, 4.69) is 0 Å². The maximum atomic E-state index is 12.6. The van der Waals surface area contributed by atoms with Gasteiger partial charge in [0.25, 0.3) is 0 Å². The van der Waals surface area contributed by atoms with Crippen molar-refractivity contribution in [2.75, 3.05) is 0 Å². The van der Waals surface area contributed by atoms with Crippen LogP contribution >= 0.6 is 0 Å². The molecule has 2 aliphatic rings. The predicted molar refractivity (Wildman–Crippen MR) is 88.6 cm³/mol. The van der Waals surface area contributed by atoms with E-state index in [1.807, 2.05) is 30.3 Å². The van der Waals surface area contributed by atoms with Crippen molar-refractivity contribution in [2.24, 2.45) is 5.73 Å². The minimum absolute atomic E-state index is 0.00690. The summed E-state index contributed by atoms with van der Waals surface area (Å²) in [5.74, 6) is -0.454. The van der Waals surface area contributed by atoms with E-state index in [1.165, 1.54) is 0 Å². The third kappa shape index (κ3) is 2.94. The second kappa shape index (κ2) is 6.51. The molecule has 24 heavy (non-hydrogen) atoms. The molecule has 0 unspecified atom stereocenters. The fourth-order valence-corrected chi connectivity index (χ4v) is 3.21. The molecule has 1 aromatic rings. The van der Waals surface area contributed by atoms with Crippen LogP contribution in [0.15, 0.2) is 53.1 Å². The van der Waals surface area contributed by atoms with Gasteiger partial charge in [0.15, 0.2) is 5.78 Å². The minimum Gasteiger partial charge on any atom is -0.459 e. The molecule has 0 amide bonds. The van der Waals surface area contributed by atoms with Crippen LogP contribution in [0.3, 0.4) is 0 Å². The number of allylic oxidation sites excluding steroid dienone is 2. The van der Waals surface area contributed by atoms with Gasteiger partial charge in [-0.3, -0.25) is 4.79 Å². The first-order valence-electron chi connectivity index (χ1n) is 8.18. The number of Topliss-reactive ketones (excluding diaryl/α,β-unsaturated/α-hetero) is 1. The van der Waals surface area contributed by atoms with Gasteiger partial charge < -0.3 is 15.2 Å². The molecule has 0 spiro atoms. The Kier molecular flexibility index (Phi) is 4.42. The summed E-state index contributed by atoms with van der Waals surface area (Å²) in [6.07, 6.45) is 1.56. The molecule has 0 fully saturated rings. The Morgan fingerprint density at radius 3 is 2.62 bits per heavy atom. The number of esters is 1. The van der Waals surface area contributed by atoms with Gasteiger partial charge in [0, 0.05) is 18.4 Å². The minimum atomic E-state index is -0.540. The van der Waals surface area contributed by atoms with Crippen LogP contribution in [0, 0.1) is 0 Å². The van der Waals surface area contributed by atoms with Crippen LogP contribution in [-0.4, -0.2) is 17.9 Å². The number of carbonyl (C=O) groups excluding carboxylic acids is 2. The lowest BCUT2D eigenvalue weighted by Crippen LogP contribution is -2.32. The van der Waals surface area contributed by atoms with E-state index in [9.17, 15) is 9.59 Å². The molecule has 1 aromatic carbocycles. The van der Waals surface area contributed by atoms with Gasteiger partial charge in [-0.25, -0.2) is 4.79 Å². The van der Waals surface area contributed by atoms with Gasteiger partial charge in [0.05, 0.1) is 12.0 Å². The van der Waals surface area contributed by atoms with Crippen molar-refractivity contribution < 1.29 is 19.1 Å². The lowest BCUT2D eigenvalue weighted by Gasteiger charge is -2.32. The zero-order valence-electron chi connectivity index (χ0n) is 13.9. The molecule has 2 N–H and O–H groups in total. The summed E-state index contributed by atoms with van der Waals surface area (Å²) in [5, 5.41) is 0. The normalized spacial score (nSPS) is 20.8. The van der Waals surface area contributed by atoms with E-state index in [0.29, 0.717) is 24.2 Å². The highest BCUT2D eigenvalue weighted by Gasteiger charge is 2.41. The first kappa shape index (κ1) is 16.3. The summed E-state index contributed by atoms with van der Waals surface area (Å²) >= 11 is 0. The average Bonchev–Trinajstić information content (AvgIpc) is 2.53. The van der Waals surface area contributed by atoms with Crippen molar-refractivity contribution in [3.63, 3.8) is 0 Å². The zero-order valence-corrected chi connectivity index (χ0v) is 13.9. The summed E-state index contributed by atoms with van der Waals surface area (Å²) in [6.45, 7) is 3.54. The van der Waals surface area contributed by atoms with Crippen LogP contribution < -0.4 is 5.73 Å². The van der Waals surface area contributed by atoms with Crippen molar-refractivity contribution in [1.82, 2.24) is 0 Å². The number of hydrogen-bond acceptors (Lipinski definition) is 5. The SMILES string of the molecule is CC(C)OC(=O)C1=C(N)OC2=C(C(=O)CCC2)[C@H]1c1ccccc1. The molecular formula is C19H21NO4. The highest BCUT2D eigenvalue weighted by atomic mass is 16.5. The van der Waals surface area contributed by atoms with E-state index < -0.39 is 11.9 Å². The number of rotatable bonds is 3. The lowest BCUT2D eigenvalue weighted by molar-refractivity contribution is -0.143. The number of carbonyl (C=O) groups is 2. The lowest BCUT2D eigenvalue weighted by atomic mass is 9.77. The highest BCUT2D eigenvalue weighted by molar-refractivity contribution is 6.03. The van der Waals surface area contributed by atoms with E-state index in [0.717, 1.165) is 12.0 Å². The number of nitrogens with two attached hydrogens (primary N) is 1. The second-order valence-electron chi connectivity index (χ2n) is 6.29. The molecule has 0 aromatic heterocycles. The third-order valence-corrected chi connectivity index (χ3v) is 4.18. The zero-order chi connectivity index (χ0) is 17.3. The molecule has 3 rings (SSSR count). The van der Waals surface area contributed by atoms with E-state index >= 15 is 0 Å². The molecule has 0 saturated carbocycles. The van der Waals surface area contributed by atoms with Crippen LogP contribution in [0.4, 0.5) is 0 Å². The topological polar surface area (TPSA) is 78.6 Å². The van der Waals surface area contributed by atoms with E-state index in [-0.39, 0.29) is 23.3 Å². The van der Waals surface area contributed by atoms with Crippen molar-refractivity contribution in [3.05, 3.63) is 58.7 Å². The molecule has 0 saturated heterocycles. The first-order valence-corrected chi connectivity index (χ1v) is 8.18. The highest BCUT2D eigenvalue weighted by Crippen LogP contribution is 2.43. The van der Waals surface area contributed by atoms with Crippen LogP contribution in [-0.2, 0) is 19.1 Å². The van der Waals surface area contributed by atoms with Gasteiger partial charge in [-0.15, -0.1) is 0 Å². The monoisotopic (exact) mass is 327 g/mol. The molecule has 1 aliphatic heterocycles. The van der Waals surface area contributed by atoms with Crippen molar-refractivity contribution in [3.8, 4) is 0 Å². The van der Waals surface area contributed by atoms with Gasteiger partial charge in [0.1, 0.15) is 11.3 Å². The van der Waals surface area contributed by atoms with Crippen LogP contribution in [0.2, 0.25) is 0 Å². The molecule has 5 heteroatoms. The van der Waals surface area contributed by atoms with Crippen molar-refractivity contribution in [1.29, 1.82) is 0 Å². The van der Waals surface area contributed by atoms with Gasteiger partial charge >= 0.3 is 5.97 Å². The average molecular weight is 327 g/mol. The van der Waals surface area contributed by atoms with Gasteiger partial charge in [-0.05, 0) is 25.8 Å². The molecule has 1 heterocycles. The molecule has 0 bridgehead atoms. The molecule has 126 valence electrons. The van der Waals surface area contributed by atoms with Crippen LogP contribution in [0.25, 0.3) is 0 Å². The molecule has 0 radical (unpaired) electrons. The van der Waals surface area contributed by atoms with E-state index in [1.54, 1.807) is 13.8 Å². The predicted octanol–water partition coefficient (Wildman–Crippen LogP) is 2.93. The third-order valence-electron chi connectivity index (χ3n) is 4.18. The fourth-order valence-electron chi connectivity index (χ4n) is 3.21. The second-order valence-corrected chi connectivity index (χ2v) is 6.29. The molecule has 5 nitrogen and oxygen atoms in total. The Morgan fingerprint density at radius 1 is 1.25 bits per heavy atom. The molecule has 1 aliphatic carbocycles. The summed E-state index contributed by atoms with van der Waals surface area (Å²) in [4.78, 5) is 25.2. The largest absolute Gasteiger partial charge is 0.459 e. The van der Waals surface area contributed by atoms with Gasteiger partial charge in [-0.2, -0.15) is 0 Å². The Hall–Kier alpha value is -2.56. The number of benzene rings is 1. The summed E-state index contributed by atoms with van der Waals surface area (Å²) in [6, 6.07) is 9.41. The Labute approximate surface area is 141 Å². The Bertz CT molecular complexity index is 731. The Morgan fingerprint density at radius 2 is 1.96 bits per heavy atom. The fraction of sp³-hybridized carbons (Fsp3) is 0.368. The van der Waals surface area contributed by atoms with Crippen LogP contribution in [0.1, 0.15) is 44.6 Å². The Balaban J connectivity index is 2.12. The first-order chi connectivity index (χ1) is 11.5. The molecule has 1 atom stereocenters. The van der Waals surface area contributed by atoms with Gasteiger partial charge in [0.2, 0.25) is 5.88 Å². The van der Waals surface area contributed by atoms with Gasteiger partial charge in [-0.1, -0.05) is 30.3 Å². The number of hydrogen-bond donors (Lipinski definition) is 1. The number of ether oxygens (including phenoxy) is 2. The summed E-state index contributed by atoms with van der Waals surface area (Å²) < 4.78 is 11.0. The maximum absolute atomic E-state index is 12.6. The molecular weight excluding hydrogens is 306 g/mol. The van der Waals surface area contributed by atoms with Crippen LogP contribution in [0.5, 0.6) is 0 Å². The maximum Gasteiger partial charge on any atom is 0.340 e.